The van der Waals surface area contributed by atoms with Crippen LogP contribution in [0.2, 0.25) is 0 Å². The van der Waals surface area contributed by atoms with Crippen LogP contribution in [0.15, 0.2) is 18.7 Å². The zero-order chi connectivity index (χ0) is 29.7. The number of aryl methyl sites for hydroxylation is 1. The lowest BCUT2D eigenvalue weighted by atomic mass is 9.71. The third-order valence-corrected chi connectivity index (χ3v) is 9.51. The van der Waals surface area contributed by atoms with Crippen molar-refractivity contribution in [2.45, 2.75) is 76.7 Å². The van der Waals surface area contributed by atoms with E-state index in [1.54, 1.807) is 13.2 Å². The van der Waals surface area contributed by atoms with Gasteiger partial charge in [0.25, 0.3) is 0 Å². The second kappa shape index (κ2) is 11.3. The fourth-order valence-electron chi connectivity index (χ4n) is 7.78. The highest BCUT2D eigenvalue weighted by Gasteiger charge is 2.56. The number of aliphatic hydroxyl groups excluding tert-OH is 1. The summed E-state index contributed by atoms with van der Waals surface area (Å²) in [7, 11) is 3.78. The quantitative estimate of drug-likeness (QED) is 0.341. The average molecular weight is 576 g/mol. The molecule has 6 rings (SSSR count). The van der Waals surface area contributed by atoms with Crippen LogP contribution in [0, 0.1) is 25.2 Å². The number of hydrogen-bond acceptors (Lipinski definition) is 9. The number of nitriles is 1. The summed E-state index contributed by atoms with van der Waals surface area (Å²) in [6.07, 6.45) is 4.99. The Morgan fingerprint density at radius 2 is 1.90 bits per heavy atom. The molecular weight excluding hydrogens is 534 g/mol. The number of fused-ring (bicyclic) bond motifs is 9. The number of ether oxygens (including phenoxy) is 5. The molecular formula is C33H41N3O6. The molecule has 2 aromatic carbocycles. The largest absolute Gasteiger partial charge is 0.493 e. The molecule has 0 aliphatic carbocycles. The molecule has 0 saturated carbocycles. The number of aliphatic hydroxyl groups is 1. The summed E-state index contributed by atoms with van der Waals surface area (Å²) < 4.78 is 30.7. The van der Waals surface area contributed by atoms with Gasteiger partial charge in [-0.15, -0.1) is 0 Å². The van der Waals surface area contributed by atoms with Crippen LogP contribution in [0.25, 0.3) is 0 Å². The summed E-state index contributed by atoms with van der Waals surface area (Å²) >= 11 is 0. The normalized spacial score (nSPS) is 25.6. The SMILES string of the molecule is C=CCOc1c(OC)c(C)cc2c1C1[C@@H]3Cc4c(OCCCC)c(C)c5c(c4[C@H](CO)N3[C@@H](C#N)[C@H](C2)N1C)OCO5. The smallest absolute Gasteiger partial charge is 0.231 e. The van der Waals surface area contributed by atoms with Crippen molar-refractivity contribution in [3.63, 3.8) is 0 Å². The Kier molecular flexibility index (Phi) is 7.73. The lowest BCUT2D eigenvalue weighted by Gasteiger charge is -2.59. The number of rotatable bonds is 9. The minimum absolute atomic E-state index is 0.0738. The van der Waals surface area contributed by atoms with E-state index in [4.69, 9.17) is 23.7 Å². The molecule has 4 aliphatic rings. The number of likely N-dealkylation sites (N-methyl/N-ethyl adjacent to an activating group) is 1. The lowest BCUT2D eigenvalue weighted by molar-refractivity contribution is -0.0826. The van der Waals surface area contributed by atoms with E-state index in [9.17, 15) is 10.4 Å². The van der Waals surface area contributed by atoms with Gasteiger partial charge in [0, 0.05) is 34.3 Å². The van der Waals surface area contributed by atoms with Crippen LogP contribution in [0.5, 0.6) is 28.7 Å². The third kappa shape index (κ3) is 4.15. The first-order valence-corrected chi connectivity index (χ1v) is 14.9. The molecule has 1 unspecified atom stereocenters. The van der Waals surface area contributed by atoms with Crippen molar-refractivity contribution in [2.75, 3.05) is 40.8 Å². The van der Waals surface area contributed by atoms with E-state index in [1.807, 2.05) is 13.8 Å². The van der Waals surface area contributed by atoms with E-state index in [-0.39, 0.29) is 31.5 Å². The molecule has 2 aromatic rings. The Morgan fingerprint density at radius 1 is 1.12 bits per heavy atom. The lowest BCUT2D eigenvalue weighted by Crippen LogP contribution is -2.68. The van der Waals surface area contributed by atoms with Gasteiger partial charge in [-0.05, 0) is 51.3 Å². The first-order chi connectivity index (χ1) is 20.4. The summed E-state index contributed by atoms with van der Waals surface area (Å²) in [6, 6.07) is 3.58. The van der Waals surface area contributed by atoms with Gasteiger partial charge >= 0.3 is 0 Å². The molecule has 5 atom stereocenters. The molecule has 1 fully saturated rings. The Hall–Kier alpha value is -3.45. The fourth-order valence-corrected chi connectivity index (χ4v) is 7.78. The predicted molar refractivity (Wildman–Crippen MR) is 158 cm³/mol. The molecule has 0 aromatic heterocycles. The highest BCUT2D eigenvalue weighted by atomic mass is 16.7. The van der Waals surface area contributed by atoms with E-state index in [0.29, 0.717) is 43.3 Å². The molecule has 1 N–H and O–H groups in total. The van der Waals surface area contributed by atoms with Gasteiger partial charge in [-0.2, -0.15) is 5.26 Å². The van der Waals surface area contributed by atoms with Gasteiger partial charge in [0.2, 0.25) is 6.79 Å². The van der Waals surface area contributed by atoms with E-state index in [0.717, 1.165) is 52.2 Å². The van der Waals surface area contributed by atoms with Crippen molar-refractivity contribution in [1.82, 2.24) is 9.80 Å². The maximum absolute atomic E-state index is 11.1. The van der Waals surface area contributed by atoms with Crippen LogP contribution in [0.4, 0.5) is 0 Å². The highest BCUT2D eigenvalue weighted by molar-refractivity contribution is 5.66. The number of hydrogen-bond donors (Lipinski definition) is 1. The van der Waals surface area contributed by atoms with E-state index >= 15 is 0 Å². The Labute approximate surface area is 248 Å². The van der Waals surface area contributed by atoms with Crippen LogP contribution >= 0.6 is 0 Å². The van der Waals surface area contributed by atoms with Gasteiger partial charge in [0.1, 0.15) is 18.4 Å². The van der Waals surface area contributed by atoms with Crippen LogP contribution in [0.3, 0.4) is 0 Å². The zero-order valence-corrected chi connectivity index (χ0v) is 25.2. The van der Waals surface area contributed by atoms with Crippen molar-refractivity contribution >= 4 is 0 Å². The summed E-state index contributed by atoms with van der Waals surface area (Å²) in [4.78, 5) is 4.57. The third-order valence-electron chi connectivity index (χ3n) is 9.51. The van der Waals surface area contributed by atoms with Crippen molar-refractivity contribution in [3.05, 3.63) is 52.1 Å². The number of nitrogens with zero attached hydrogens (tertiary/aromatic N) is 3. The minimum Gasteiger partial charge on any atom is -0.493 e. The number of piperazine rings is 1. The molecule has 0 spiro atoms. The average Bonchev–Trinajstić information content (AvgIpc) is 3.47. The van der Waals surface area contributed by atoms with Crippen LogP contribution < -0.4 is 23.7 Å². The van der Waals surface area contributed by atoms with Crippen molar-refractivity contribution in [1.29, 1.82) is 5.26 Å². The summed E-state index contributed by atoms with van der Waals surface area (Å²) in [5.74, 6) is 3.58. The van der Waals surface area contributed by atoms with Crippen molar-refractivity contribution < 1.29 is 28.8 Å². The molecule has 0 amide bonds. The molecule has 224 valence electrons. The topological polar surface area (TPSA) is 96.7 Å². The zero-order valence-electron chi connectivity index (χ0n) is 25.2. The molecule has 4 heterocycles. The summed E-state index contributed by atoms with van der Waals surface area (Å²) in [6.45, 7) is 11.0. The molecule has 42 heavy (non-hydrogen) atoms. The Balaban J connectivity index is 1.58. The molecule has 9 heteroatoms. The Morgan fingerprint density at radius 3 is 2.60 bits per heavy atom. The standard InChI is InChI=1S/C33H41N3O6/c1-7-9-11-40-30-19(4)31-33(42-17-41-31)27-21(30)14-23-28-26-20(12-18(3)29(38-6)32(26)39-10-8-2)13-22(35(28)5)24(15-34)36(23)25(27)16-37/h8,12,22-25,28,37H,2,7,9-11,13-14,16-17H2,1,3-6H3/t22-,23-,24-,25-,28?/m0/s1. The number of unbranched alkanes of at least 4 members (excludes halogenated alkanes) is 1. The van der Waals surface area contributed by atoms with Crippen LogP contribution in [-0.4, -0.2) is 73.8 Å². The van der Waals surface area contributed by atoms with Gasteiger partial charge in [-0.25, -0.2) is 0 Å². The minimum atomic E-state index is -0.460. The summed E-state index contributed by atoms with van der Waals surface area (Å²) in [5, 5.41) is 21.7. The molecule has 9 nitrogen and oxygen atoms in total. The van der Waals surface area contributed by atoms with E-state index in [2.05, 4.69) is 42.5 Å². The monoisotopic (exact) mass is 575 g/mol. The second-order valence-electron chi connectivity index (χ2n) is 11.7. The van der Waals surface area contributed by atoms with Crippen molar-refractivity contribution in [2.24, 2.45) is 0 Å². The number of benzene rings is 2. The van der Waals surface area contributed by atoms with Gasteiger partial charge in [0.15, 0.2) is 23.0 Å². The van der Waals surface area contributed by atoms with Gasteiger partial charge in [0.05, 0.1) is 38.5 Å². The predicted octanol–water partition coefficient (Wildman–Crippen LogP) is 4.55. The molecule has 2 bridgehead atoms. The van der Waals surface area contributed by atoms with Crippen molar-refractivity contribution in [3.8, 4) is 34.8 Å². The maximum atomic E-state index is 11.1. The van der Waals surface area contributed by atoms with E-state index < -0.39 is 12.1 Å². The van der Waals surface area contributed by atoms with E-state index in [1.165, 1.54) is 5.56 Å². The van der Waals surface area contributed by atoms with Crippen LogP contribution in [-0.2, 0) is 12.8 Å². The van der Waals surface area contributed by atoms with Gasteiger partial charge in [-0.3, -0.25) is 9.80 Å². The highest BCUT2D eigenvalue weighted by Crippen LogP contribution is 2.58. The van der Waals surface area contributed by atoms with Gasteiger partial charge in [-0.1, -0.05) is 32.1 Å². The first kappa shape index (κ1) is 28.7. The molecule has 1 saturated heterocycles. The fraction of sp³-hybridized carbons (Fsp3) is 0.545. The maximum Gasteiger partial charge on any atom is 0.231 e. The number of methoxy groups -OCH3 is 1. The summed E-state index contributed by atoms with van der Waals surface area (Å²) in [5.41, 5.74) is 6.07. The van der Waals surface area contributed by atoms with Crippen LogP contribution in [0.1, 0.15) is 65.2 Å². The molecule has 0 radical (unpaired) electrons. The van der Waals surface area contributed by atoms with Gasteiger partial charge < -0.3 is 28.8 Å². The Bertz CT molecular complexity index is 1430. The second-order valence-corrected chi connectivity index (χ2v) is 11.7. The first-order valence-electron chi connectivity index (χ1n) is 14.9. The molecule has 4 aliphatic heterocycles.